The van der Waals surface area contributed by atoms with E-state index in [9.17, 15) is 22.0 Å². The van der Waals surface area contributed by atoms with Crippen LogP contribution < -0.4 is 19.5 Å². The van der Waals surface area contributed by atoms with Crippen molar-refractivity contribution in [1.29, 1.82) is 0 Å². The van der Waals surface area contributed by atoms with E-state index in [1.54, 1.807) is 10.8 Å². The molecule has 9 nitrogen and oxygen atoms in total. The quantitative estimate of drug-likeness (QED) is 0.489. The minimum Gasteiger partial charge on any atom is -0.483 e. The minimum absolute atomic E-state index is 0.0759. The van der Waals surface area contributed by atoms with Gasteiger partial charge in [-0.15, -0.1) is 0 Å². The molecule has 3 aromatic rings. The van der Waals surface area contributed by atoms with Crippen LogP contribution in [0, 0.1) is 11.6 Å². The number of sulfonamides is 1. The molecule has 2 heterocycles. The molecule has 0 radical (unpaired) electrons. The summed E-state index contributed by atoms with van der Waals surface area (Å²) in [6, 6.07) is 6.45. The largest absolute Gasteiger partial charge is 0.483 e. The fraction of sp³-hybridized carbons (Fsp3) is 0.304. The zero-order valence-electron chi connectivity index (χ0n) is 19.3. The van der Waals surface area contributed by atoms with Crippen LogP contribution in [0.1, 0.15) is 48.4 Å². The van der Waals surface area contributed by atoms with Crippen LogP contribution in [0.2, 0.25) is 0 Å². The number of oxazole rings is 1. The third-order valence-electron chi connectivity index (χ3n) is 5.17. The van der Waals surface area contributed by atoms with Crippen molar-refractivity contribution in [3.05, 3.63) is 65.1 Å². The lowest BCUT2D eigenvalue weighted by Gasteiger charge is -2.17. The number of hydrogen-bond donors (Lipinski definition) is 2. The van der Waals surface area contributed by atoms with Crippen molar-refractivity contribution in [1.82, 2.24) is 10.3 Å². The Balaban J connectivity index is 1.45. The summed E-state index contributed by atoms with van der Waals surface area (Å²) in [4.78, 5) is 16.6. The maximum absolute atomic E-state index is 14.3. The van der Waals surface area contributed by atoms with Crippen LogP contribution in [-0.4, -0.2) is 31.2 Å². The summed E-state index contributed by atoms with van der Waals surface area (Å²) in [5, 5.41) is 2.55. The summed E-state index contributed by atoms with van der Waals surface area (Å²) >= 11 is 0. The highest BCUT2D eigenvalue weighted by Gasteiger charge is 2.33. The number of aromatic nitrogens is 1. The van der Waals surface area contributed by atoms with Crippen LogP contribution >= 0.6 is 0 Å². The Morgan fingerprint density at radius 2 is 1.91 bits per heavy atom. The molecule has 2 N–H and O–H groups in total. The molecule has 0 aliphatic carbocycles. The third-order valence-corrected chi connectivity index (χ3v) is 5.74. The highest BCUT2D eigenvalue weighted by Crippen LogP contribution is 2.43. The molecular formula is C23H23F2N3O6S. The van der Waals surface area contributed by atoms with E-state index in [1.165, 1.54) is 6.92 Å². The first-order chi connectivity index (χ1) is 16.3. The molecule has 1 amide bonds. The first-order valence-corrected chi connectivity index (χ1v) is 12.4. The van der Waals surface area contributed by atoms with Crippen LogP contribution in [0.5, 0.6) is 17.6 Å². The van der Waals surface area contributed by atoms with Crippen LogP contribution in [0.15, 0.2) is 41.0 Å². The number of nitrogens with zero attached hydrogens (tertiary/aromatic N) is 1. The first-order valence-electron chi connectivity index (χ1n) is 10.5. The predicted molar refractivity (Wildman–Crippen MR) is 122 cm³/mol. The van der Waals surface area contributed by atoms with E-state index in [2.05, 4.69) is 10.3 Å². The first kappa shape index (κ1) is 24.5. The highest BCUT2D eigenvalue weighted by molar-refractivity contribution is 7.92. The standard InChI is InChI=1S/C23H23F2N3O6S/c1-12(14-8-15(24)19(16(25)9-14)28-35(4,30)31)26-21(29)17-11-32-22(27-17)33-18-7-5-6-13-10-23(2,3)34-20(13)18/h5-9,11-12,28H,10H2,1-4H3,(H,26,29). The van der Waals surface area contributed by atoms with Crippen molar-refractivity contribution >= 4 is 21.6 Å². The number of carbonyl (C=O) groups excluding carboxylic acids is 1. The van der Waals surface area contributed by atoms with Crippen molar-refractivity contribution in [2.45, 2.75) is 38.8 Å². The Kier molecular flexibility index (Phi) is 6.18. The summed E-state index contributed by atoms with van der Waals surface area (Å²) < 4.78 is 69.8. The molecule has 2 aromatic carbocycles. The van der Waals surface area contributed by atoms with Crippen LogP contribution in [0.3, 0.4) is 0 Å². The molecule has 1 aliphatic rings. The molecule has 0 spiro atoms. The Hall–Kier alpha value is -3.67. The maximum atomic E-state index is 14.3. The van der Waals surface area contributed by atoms with Crippen molar-refractivity contribution < 1.29 is 35.9 Å². The molecule has 1 atom stereocenters. The van der Waals surface area contributed by atoms with Crippen LogP contribution in [0.25, 0.3) is 0 Å². The summed E-state index contributed by atoms with van der Waals surface area (Å²) in [7, 11) is -3.88. The Labute approximate surface area is 200 Å². The fourth-order valence-corrected chi connectivity index (χ4v) is 4.22. The van der Waals surface area contributed by atoms with Crippen LogP contribution in [0.4, 0.5) is 14.5 Å². The minimum atomic E-state index is -3.88. The molecule has 1 aliphatic heterocycles. The molecule has 4 rings (SSSR count). The van der Waals surface area contributed by atoms with Gasteiger partial charge in [0.1, 0.15) is 17.6 Å². The number of halogens is 2. The predicted octanol–water partition coefficient (Wildman–Crippen LogP) is 4.32. The summed E-state index contributed by atoms with van der Waals surface area (Å²) in [5.41, 5.74) is -0.239. The zero-order chi connectivity index (χ0) is 25.5. The lowest BCUT2D eigenvalue weighted by atomic mass is 10.0. The van der Waals surface area contributed by atoms with Gasteiger partial charge in [-0.25, -0.2) is 17.2 Å². The van der Waals surface area contributed by atoms with Gasteiger partial charge in [-0.2, -0.15) is 4.98 Å². The molecule has 0 saturated carbocycles. The van der Waals surface area contributed by atoms with Gasteiger partial charge in [-0.3, -0.25) is 9.52 Å². The number of benzene rings is 2. The lowest BCUT2D eigenvalue weighted by molar-refractivity contribution is 0.0934. The number of para-hydroxylation sites is 1. The SMILES string of the molecule is CC(NC(=O)c1coc(Oc2cccc3c2OC(C)(C)C3)n1)c1cc(F)c(NS(C)(=O)=O)c(F)c1. The van der Waals surface area contributed by atoms with Crippen molar-refractivity contribution in [3.63, 3.8) is 0 Å². The molecule has 0 fully saturated rings. The molecule has 1 aromatic heterocycles. The number of hydrogen-bond acceptors (Lipinski definition) is 7. The molecule has 0 bridgehead atoms. The summed E-state index contributed by atoms with van der Waals surface area (Å²) in [6.45, 7) is 5.41. The van der Waals surface area contributed by atoms with Gasteiger partial charge in [-0.1, -0.05) is 12.1 Å². The van der Waals surface area contributed by atoms with E-state index in [0.29, 0.717) is 17.9 Å². The summed E-state index contributed by atoms with van der Waals surface area (Å²) in [6.07, 6.45) is 2.39. The lowest BCUT2D eigenvalue weighted by Crippen LogP contribution is -2.27. The normalized spacial score (nSPS) is 15.1. The number of ether oxygens (including phenoxy) is 2. The number of anilines is 1. The van der Waals surface area contributed by atoms with Crippen LogP contribution in [-0.2, 0) is 16.4 Å². The van der Waals surface area contributed by atoms with E-state index in [1.807, 2.05) is 26.0 Å². The monoisotopic (exact) mass is 507 g/mol. The molecule has 1 unspecified atom stereocenters. The molecule has 35 heavy (non-hydrogen) atoms. The van der Waals surface area contributed by atoms with Gasteiger partial charge in [0.05, 0.1) is 12.3 Å². The number of carbonyl (C=O) groups is 1. The van der Waals surface area contributed by atoms with Gasteiger partial charge in [-0.05, 0) is 44.5 Å². The number of amides is 1. The number of fused-ring (bicyclic) bond motifs is 1. The molecule has 12 heteroatoms. The Morgan fingerprint density at radius 3 is 2.57 bits per heavy atom. The molecular weight excluding hydrogens is 484 g/mol. The Bertz CT molecular complexity index is 1380. The zero-order valence-corrected chi connectivity index (χ0v) is 20.1. The van der Waals surface area contributed by atoms with Gasteiger partial charge in [0.25, 0.3) is 5.91 Å². The third kappa shape index (κ3) is 5.53. The topological polar surface area (TPSA) is 120 Å². The van der Waals surface area contributed by atoms with Crippen molar-refractivity contribution in [2.24, 2.45) is 0 Å². The van der Waals surface area contributed by atoms with Gasteiger partial charge < -0.3 is 19.2 Å². The second kappa shape index (κ2) is 8.84. The van der Waals surface area contributed by atoms with Gasteiger partial charge in [0.2, 0.25) is 10.0 Å². The van der Waals surface area contributed by atoms with Gasteiger partial charge >= 0.3 is 6.08 Å². The second-order valence-corrected chi connectivity index (χ2v) is 10.6. The summed E-state index contributed by atoms with van der Waals surface area (Å²) in [5.74, 6) is -1.95. The average molecular weight is 508 g/mol. The number of rotatable bonds is 7. The fourth-order valence-electron chi connectivity index (χ4n) is 3.65. The van der Waals surface area contributed by atoms with E-state index >= 15 is 0 Å². The van der Waals surface area contributed by atoms with Gasteiger partial charge in [0.15, 0.2) is 28.8 Å². The highest BCUT2D eigenvalue weighted by atomic mass is 32.2. The smallest absolute Gasteiger partial charge is 0.399 e. The Morgan fingerprint density at radius 1 is 1.23 bits per heavy atom. The van der Waals surface area contributed by atoms with E-state index in [0.717, 1.165) is 30.2 Å². The van der Waals surface area contributed by atoms with E-state index in [-0.39, 0.29) is 22.9 Å². The second-order valence-electron chi connectivity index (χ2n) is 8.81. The van der Waals surface area contributed by atoms with Gasteiger partial charge in [0, 0.05) is 12.0 Å². The van der Waals surface area contributed by atoms with Crippen molar-refractivity contribution in [3.8, 4) is 17.6 Å². The van der Waals surface area contributed by atoms with E-state index in [4.69, 9.17) is 13.9 Å². The molecule has 0 saturated heterocycles. The van der Waals surface area contributed by atoms with Crippen molar-refractivity contribution in [2.75, 3.05) is 11.0 Å². The van der Waals surface area contributed by atoms with E-state index < -0.39 is 39.3 Å². The number of nitrogens with one attached hydrogen (secondary N) is 2. The maximum Gasteiger partial charge on any atom is 0.399 e. The molecule has 186 valence electrons. The average Bonchev–Trinajstić information content (AvgIpc) is 3.33.